The summed E-state index contributed by atoms with van der Waals surface area (Å²) in [5.74, 6) is -0.853. The number of aliphatic hydroxyl groups is 1. The summed E-state index contributed by atoms with van der Waals surface area (Å²) in [6.07, 6.45) is 0.0171. The second-order valence-corrected chi connectivity index (χ2v) is 4.69. The monoisotopic (exact) mass is 250 g/mol. The minimum atomic E-state index is -0.853. The maximum absolute atomic E-state index is 10.3. The van der Waals surface area contributed by atoms with E-state index >= 15 is 0 Å². The van der Waals surface area contributed by atoms with Crippen LogP contribution in [0.5, 0.6) is 0 Å². The van der Waals surface area contributed by atoms with E-state index in [0.717, 1.165) is 14.2 Å². The molecule has 0 atom stereocenters. The van der Waals surface area contributed by atoms with Gasteiger partial charge in [0.15, 0.2) is 0 Å². The summed E-state index contributed by atoms with van der Waals surface area (Å²) in [4.78, 5) is 11.1. The van der Waals surface area contributed by atoms with Gasteiger partial charge in [0.1, 0.15) is 0 Å². The van der Waals surface area contributed by atoms with Gasteiger partial charge >= 0.3 is 5.97 Å². The highest BCUT2D eigenvalue weighted by atomic mass is 79.9. The summed E-state index contributed by atoms with van der Waals surface area (Å²) >= 11 is 4.58. The van der Waals surface area contributed by atoms with E-state index in [0.29, 0.717) is 0 Å². The molecule has 66 valence electrons. The van der Waals surface area contributed by atoms with Gasteiger partial charge in [0.2, 0.25) is 0 Å². The molecule has 0 saturated heterocycles. The van der Waals surface area contributed by atoms with E-state index in [1.165, 1.54) is 11.3 Å². The fraction of sp³-hybridized carbons (Fsp3) is 0.286. The first-order chi connectivity index (χ1) is 5.63. The van der Waals surface area contributed by atoms with Crippen molar-refractivity contribution < 1.29 is 15.0 Å². The number of carboxylic acid groups (broad SMARTS) is 1. The predicted molar refractivity (Wildman–Crippen MR) is 49.3 cm³/mol. The van der Waals surface area contributed by atoms with Gasteiger partial charge in [-0.15, -0.1) is 11.3 Å². The molecule has 0 aromatic carbocycles. The van der Waals surface area contributed by atoms with Crippen LogP contribution in [-0.4, -0.2) is 16.2 Å². The van der Waals surface area contributed by atoms with Gasteiger partial charge in [-0.1, -0.05) is 0 Å². The normalized spacial score (nSPS) is 10.2. The second-order valence-electron chi connectivity index (χ2n) is 2.24. The largest absolute Gasteiger partial charge is 0.481 e. The van der Waals surface area contributed by atoms with Gasteiger partial charge in [-0.05, 0) is 22.0 Å². The van der Waals surface area contributed by atoms with Crippen molar-refractivity contribution >= 4 is 33.2 Å². The van der Waals surface area contributed by atoms with Crippen LogP contribution in [0.3, 0.4) is 0 Å². The van der Waals surface area contributed by atoms with Gasteiger partial charge in [-0.25, -0.2) is 0 Å². The second kappa shape index (κ2) is 4.02. The lowest BCUT2D eigenvalue weighted by Crippen LogP contribution is -1.97. The van der Waals surface area contributed by atoms with Crippen molar-refractivity contribution in [1.82, 2.24) is 0 Å². The number of thiophene rings is 1. The molecule has 0 bridgehead atoms. The Hall–Kier alpha value is -0.390. The molecule has 0 unspecified atom stereocenters. The van der Waals surface area contributed by atoms with E-state index < -0.39 is 5.97 Å². The first kappa shape index (κ1) is 9.70. The smallest absolute Gasteiger partial charge is 0.308 e. The molecule has 1 aromatic rings. The Balaban J connectivity index is 2.82. The van der Waals surface area contributed by atoms with Gasteiger partial charge in [0.05, 0.1) is 16.8 Å². The molecule has 2 N–H and O–H groups in total. The van der Waals surface area contributed by atoms with Gasteiger partial charge in [0.25, 0.3) is 0 Å². The molecular weight excluding hydrogens is 244 g/mol. The third-order valence-electron chi connectivity index (χ3n) is 1.30. The molecular formula is C7H7BrO3S. The number of hydrogen-bond acceptors (Lipinski definition) is 3. The molecule has 0 fully saturated rings. The fourth-order valence-electron chi connectivity index (χ4n) is 0.805. The van der Waals surface area contributed by atoms with E-state index in [4.69, 9.17) is 10.2 Å². The average Bonchev–Trinajstić information content (AvgIpc) is 2.29. The molecule has 1 rings (SSSR count). The average molecular weight is 251 g/mol. The number of aliphatic hydroxyl groups excluding tert-OH is 1. The quantitative estimate of drug-likeness (QED) is 0.858. The Morgan fingerprint density at radius 1 is 1.67 bits per heavy atom. The molecule has 1 aromatic heterocycles. The third kappa shape index (κ3) is 2.30. The van der Waals surface area contributed by atoms with Crippen LogP contribution in [-0.2, 0) is 17.8 Å². The number of hydrogen-bond donors (Lipinski definition) is 2. The van der Waals surface area contributed by atoms with Crippen molar-refractivity contribution in [2.75, 3.05) is 0 Å². The molecule has 0 aliphatic carbocycles. The highest BCUT2D eigenvalue weighted by Gasteiger charge is 2.08. The summed E-state index contributed by atoms with van der Waals surface area (Å²) < 4.78 is 0.807. The number of carboxylic acids is 1. The predicted octanol–water partition coefficient (Wildman–Crippen LogP) is 1.63. The van der Waals surface area contributed by atoms with Crippen LogP contribution >= 0.6 is 27.3 Å². The molecule has 5 heteroatoms. The van der Waals surface area contributed by atoms with Gasteiger partial charge < -0.3 is 10.2 Å². The number of rotatable bonds is 3. The van der Waals surface area contributed by atoms with Gasteiger partial charge in [-0.3, -0.25) is 4.79 Å². The zero-order valence-corrected chi connectivity index (χ0v) is 8.48. The minimum Gasteiger partial charge on any atom is -0.481 e. The lowest BCUT2D eigenvalue weighted by atomic mass is 10.3. The molecule has 0 aliphatic heterocycles. The van der Waals surface area contributed by atoms with Gasteiger partial charge in [0, 0.05) is 10.4 Å². The van der Waals surface area contributed by atoms with Crippen LogP contribution in [0.15, 0.2) is 9.85 Å². The first-order valence-electron chi connectivity index (χ1n) is 3.23. The molecule has 0 radical (unpaired) electrons. The molecule has 12 heavy (non-hydrogen) atoms. The van der Waals surface area contributed by atoms with E-state index in [2.05, 4.69) is 15.9 Å². The summed E-state index contributed by atoms with van der Waals surface area (Å²) in [6, 6.07) is 1.70. The first-order valence-corrected chi connectivity index (χ1v) is 4.84. The number of aliphatic carboxylic acids is 1. The van der Waals surface area contributed by atoms with Crippen LogP contribution < -0.4 is 0 Å². The third-order valence-corrected chi connectivity index (χ3v) is 3.26. The maximum atomic E-state index is 10.3. The van der Waals surface area contributed by atoms with Crippen molar-refractivity contribution in [1.29, 1.82) is 0 Å². The molecule has 0 amide bonds. The zero-order valence-electron chi connectivity index (χ0n) is 6.08. The Morgan fingerprint density at radius 3 is 2.75 bits per heavy atom. The zero-order chi connectivity index (χ0) is 9.14. The topological polar surface area (TPSA) is 57.5 Å². The van der Waals surface area contributed by atoms with Crippen molar-refractivity contribution in [2.24, 2.45) is 0 Å². The standard InChI is InChI=1S/C7H7BrO3S/c8-7-4(3-9)1-5(12-7)2-6(10)11/h1,9H,2-3H2,(H,10,11). The van der Waals surface area contributed by atoms with E-state index in [9.17, 15) is 4.79 Å². The lowest BCUT2D eigenvalue weighted by Gasteiger charge is -1.87. The summed E-state index contributed by atoms with van der Waals surface area (Å²) in [5.41, 5.74) is 0.747. The SMILES string of the molecule is O=C(O)Cc1cc(CO)c(Br)s1. The van der Waals surface area contributed by atoms with Crippen molar-refractivity contribution in [3.63, 3.8) is 0 Å². The molecule has 0 spiro atoms. The highest BCUT2D eigenvalue weighted by molar-refractivity contribution is 9.11. The van der Waals surface area contributed by atoms with E-state index in [-0.39, 0.29) is 13.0 Å². The number of halogens is 1. The summed E-state index contributed by atoms with van der Waals surface area (Å²) in [6.45, 7) is -0.0588. The Labute approximate surface area is 81.8 Å². The van der Waals surface area contributed by atoms with Crippen molar-refractivity contribution in [2.45, 2.75) is 13.0 Å². The minimum absolute atomic E-state index is 0.0171. The highest BCUT2D eigenvalue weighted by Crippen LogP contribution is 2.28. The maximum Gasteiger partial charge on any atom is 0.308 e. The lowest BCUT2D eigenvalue weighted by molar-refractivity contribution is -0.136. The number of carbonyl (C=O) groups is 1. The van der Waals surface area contributed by atoms with E-state index in [1.54, 1.807) is 6.07 Å². The Kier molecular flexibility index (Phi) is 3.25. The van der Waals surface area contributed by atoms with Crippen LogP contribution in [0.1, 0.15) is 10.4 Å². The molecule has 1 heterocycles. The van der Waals surface area contributed by atoms with Crippen LogP contribution in [0.25, 0.3) is 0 Å². The van der Waals surface area contributed by atoms with Crippen LogP contribution in [0, 0.1) is 0 Å². The van der Waals surface area contributed by atoms with E-state index in [1.807, 2.05) is 0 Å². The Morgan fingerprint density at radius 2 is 2.33 bits per heavy atom. The molecule has 0 saturated carbocycles. The molecule has 3 nitrogen and oxygen atoms in total. The van der Waals surface area contributed by atoms with Crippen molar-refractivity contribution in [3.05, 3.63) is 20.3 Å². The Bertz CT molecular complexity index is 295. The van der Waals surface area contributed by atoms with Gasteiger partial charge in [-0.2, -0.15) is 0 Å². The summed E-state index contributed by atoms with van der Waals surface area (Å²) in [7, 11) is 0. The summed E-state index contributed by atoms with van der Waals surface area (Å²) in [5, 5.41) is 17.3. The van der Waals surface area contributed by atoms with Crippen molar-refractivity contribution in [3.8, 4) is 0 Å². The van der Waals surface area contributed by atoms with Crippen LogP contribution in [0.4, 0.5) is 0 Å². The van der Waals surface area contributed by atoms with Crippen LogP contribution in [0.2, 0.25) is 0 Å². The molecule has 0 aliphatic rings. The fourth-order valence-corrected chi connectivity index (χ4v) is 2.55.